The smallest absolute Gasteiger partial charge is 0.146 e. The van der Waals surface area contributed by atoms with Crippen molar-refractivity contribution in [2.75, 3.05) is 24.5 Å². The van der Waals surface area contributed by atoms with Gasteiger partial charge in [-0.1, -0.05) is 6.07 Å². The predicted octanol–water partition coefficient (Wildman–Crippen LogP) is 1.12. The fourth-order valence-electron chi connectivity index (χ4n) is 2.16. The highest BCUT2D eigenvalue weighted by Gasteiger charge is 2.25. The second kappa shape index (κ2) is 5.11. The third-order valence-corrected chi connectivity index (χ3v) is 3.54. The van der Waals surface area contributed by atoms with E-state index in [2.05, 4.69) is 29.8 Å². The van der Waals surface area contributed by atoms with E-state index in [1.807, 2.05) is 12.1 Å². The van der Waals surface area contributed by atoms with Crippen LogP contribution in [0.1, 0.15) is 13.8 Å². The van der Waals surface area contributed by atoms with Crippen LogP contribution in [0.3, 0.4) is 0 Å². The van der Waals surface area contributed by atoms with Gasteiger partial charge < -0.3 is 9.69 Å². The lowest BCUT2D eigenvalue weighted by Gasteiger charge is -2.22. The van der Waals surface area contributed by atoms with Crippen LogP contribution in [0, 0.1) is 0 Å². The van der Waals surface area contributed by atoms with Crippen molar-refractivity contribution in [3.05, 3.63) is 28.8 Å². The summed E-state index contributed by atoms with van der Waals surface area (Å²) in [5.41, 5.74) is 1.16. The zero-order valence-electron chi connectivity index (χ0n) is 10.7. The Balaban J connectivity index is 2.48. The molecule has 1 atom stereocenters. The molecule has 0 fully saturated rings. The van der Waals surface area contributed by atoms with Gasteiger partial charge in [-0.15, -0.1) is 11.6 Å². The Hall–Kier alpha value is -1.35. The number of anilines is 1. The molecule has 0 saturated carbocycles. The first kappa shape index (κ1) is 13.1. The number of aldehydes is 1. The molecule has 0 aliphatic carbocycles. The van der Waals surface area contributed by atoms with Crippen LogP contribution in [0.15, 0.2) is 23.2 Å². The van der Waals surface area contributed by atoms with Crippen LogP contribution in [0.4, 0.5) is 5.69 Å². The first-order chi connectivity index (χ1) is 8.61. The van der Waals surface area contributed by atoms with Gasteiger partial charge >= 0.3 is 0 Å². The van der Waals surface area contributed by atoms with Crippen molar-refractivity contribution >= 4 is 29.7 Å². The van der Waals surface area contributed by atoms with Crippen molar-refractivity contribution in [1.82, 2.24) is 0 Å². The van der Waals surface area contributed by atoms with E-state index in [1.165, 1.54) is 0 Å². The number of fused-ring (bicyclic) bond motifs is 1. The Morgan fingerprint density at radius 3 is 2.78 bits per heavy atom. The summed E-state index contributed by atoms with van der Waals surface area (Å²) in [7, 11) is 0. The summed E-state index contributed by atoms with van der Waals surface area (Å²) < 4.78 is 0. The average Bonchev–Trinajstić information content (AvgIpc) is 2.40. The van der Waals surface area contributed by atoms with Gasteiger partial charge in [0.2, 0.25) is 0 Å². The molecule has 1 aromatic carbocycles. The first-order valence-corrected chi connectivity index (χ1v) is 6.57. The summed E-state index contributed by atoms with van der Waals surface area (Å²) in [6.07, 6.45) is 2.54. The van der Waals surface area contributed by atoms with Gasteiger partial charge in [0.15, 0.2) is 0 Å². The molecule has 4 heteroatoms. The van der Waals surface area contributed by atoms with Crippen molar-refractivity contribution < 1.29 is 4.79 Å². The Kier molecular flexibility index (Phi) is 3.71. The molecule has 0 bridgehead atoms. The SMILES string of the molecule is CCN(CC)c1ccc2c(c1)=NCC(Cl)(C=O)C=2. The third-order valence-electron chi connectivity index (χ3n) is 3.23. The molecule has 0 amide bonds. The van der Waals surface area contributed by atoms with Crippen LogP contribution in [0.25, 0.3) is 6.08 Å². The second-order valence-corrected chi connectivity index (χ2v) is 5.12. The quantitative estimate of drug-likeness (QED) is 0.603. The Morgan fingerprint density at radius 2 is 2.17 bits per heavy atom. The fourth-order valence-corrected chi connectivity index (χ4v) is 2.34. The minimum absolute atomic E-state index is 0.312. The number of benzene rings is 1. The highest BCUT2D eigenvalue weighted by molar-refractivity contribution is 6.36. The number of rotatable bonds is 4. The van der Waals surface area contributed by atoms with Crippen LogP contribution in [-0.4, -0.2) is 30.8 Å². The highest BCUT2D eigenvalue weighted by Crippen LogP contribution is 2.16. The molecular weight excluding hydrogens is 248 g/mol. The van der Waals surface area contributed by atoms with Gasteiger partial charge in [-0.3, -0.25) is 4.99 Å². The maximum absolute atomic E-state index is 10.9. The maximum atomic E-state index is 10.9. The molecule has 0 radical (unpaired) electrons. The Bertz CT molecular complexity index is 566. The highest BCUT2D eigenvalue weighted by atomic mass is 35.5. The zero-order valence-corrected chi connectivity index (χ0v) is 11.4. The predicted molar refractivity (Wildman–Crippen MR) is 74.8 cm³/mol. The molecule has 1 aliphatic heterocycles. The van der Waals surface area contributed by atoms with Crippen LogP contribution in [0.5, 0.6) is 0 Å². The number of hydrogen-bond acceptors (Lipinski definition) is 3. The van der Waals surface area contributed by atoms with Gasteiger partial charge in [-0.2, -0.15) is 0 Å². The Morgan fingerprint density at radius 1 is 1.44 bits per heavy atom. The molecule has 1 aromatic rings. The van der Waals surface area contributed by atoms with Gasteiger partial charge in [0.1, 0.15) is 11.2 Å². The van der Waals surface area contributed by atoms with Gasteiger partial charge in [-0.25, -0.2) is 0 Å². The molecule has 1 unspecified atom stereocenters. The fraction of sp³-hybridized carbons (Fsp3) is 0.429. The molecule has 1 aliphatic rings. The van der Waals surface area contributed by atoms with Gasteiger partial charge in [0.05, 0.1) is 11.9 Å². The average molecular weight is 265 g/mol. The molecule has 2 rings (SSSR count). The largest absolute Gasteiger partial charge is 0.372 e. The third kappa shape index (κ3) is 2.41. The summed E-state index contributed by atoms with van der Waals surface area (Å²) in [6.45, 7) is 6.50. The summed E-state index contributed by atoms with van der Waals surface area (Å²) >= 11 is 6.12. The lowest BCUT2D eigenvalue weighted by atomic mass is 10.1. The minimum Gasteiger partial charge on any atom is -0.372 e. The standard InChI is InChI=1S/C14H17ClN2O/c1-3-17(4-2)12-6-5-11-8-14(15,10-18)9-16-13(11)7-12/h5-8,10H,3-4,9H2,1-2H3. The van der Waals surface area contributed by atoms with E-state index in [0.29, 0.717) is 6.54 Å². The number of halogens is 1. The van der Waals surface area contributed by atoms with E-state index >= 15 is 0 Å². The van der Waals surface area contributed by atoms with Crippen molar-refractivity contribution in [2.24, 2.45) is 4.99 Å². The molecule has 18 heavy (non-hydrogen) atoms. The molecule has 1 heterocycles. The normalized spacial score (nSPS) is 21.5. The van der Waals surface area contributed by atoms with Crippen molar-refractivity contribution in [3.8, 4) is 0 Å². The summed E-state index contributed by atoms with van der Waals surface area (Å²) in [5.74, 6) is 0. The van der Waals surface area contributed by atoms with Gasteiger partial charge in [0.25, 0.3) is 0 Å². The summed E-state index contributed by atoms with van der Waals surface area (Å²) in [6, 6.07) is 6.08. The van der Waals surface area contributed by atoms with E-state index in [4.69, 9.17) is 11.6 Å². The van der Waals surface area contributed by atoms with Crippen LogP contribution in [-0.2, 0) is 4.79 Å². The van der Waals surface area contributed by atoms with E-state index in [-0.39, 0.29) is 0 Å². The van der Waals surface area contributed by atoms with Crippen LogP contribution in [0.2, 0.25) is 0 Å². The van der Waals surface area contributed by atoms with Crippen LogP contribution >= 0.6 is 11.6 Å². The molecule has 0 aromatic heterocycles. The molecule has 3 nitrogen and oxygen atoms in total. The number of carbonyl (C=O) groups excluding carboxylic acids is 1. The molecule has 0 saturated heterocycles. The number of alkyl halides is 1. The molecule has 96 valence electrons. The van der Waals surface area contributed by atoms with Crippen molar-refractivity contribution in [1.29, 1.82) is 0 Å². The lowest BCUT2D eigenvalue weighted by Crippen LogP contribution is -2.39. The molecular formula is C14H17ClN2O. The van der Waals surface area contributed by atoms with E-state index < -0.39 is 4.87 Å². The topological polar surface area (TPSA) is 32.7 Å². The van der Waals surface area contributed by atoms with Crippen molar-refractivity contribution in [2.45, 2.75) is 18.7 Å². The summed E-state index contributed by atoms with van der Waals surface area (Å²) in [5, 5.41) is 1.84. The monoisotopic (exact) mass is 264 g/mol. The Labute approximate surface area is 112 Å². The van der Waals surface area contributed by atoms with E-state index in [0.717, 1.165) is 35.6 Å². The lowest BCUT2D eigenvalue weighted by molar-refractivity contribution is -0.108. The number of nitrogens with zero attached hydrogens (tertiary/aromatic N) is 2. The van der Waals surface area contributed by atoms with Gasteiger partial charge in [-0.05, 0) is 37.3 Å². The van der Waals surface area contributed by atoms with Gasteiger partial charge in [0, 0.05) is 18.8 Å². The number of hydrogen-bond donors (Lipinski definition) is 0. The zero-order chi connectivity index (χ0) is 13.2. The second-order valence-electron chi connectivity index (χ2n) is 4.42. The minimum atomic E-state index is -0.969. The summed E-state index contributed by atoms with van der Waals surface area (Å²) in [4.78, 5) is 16.6. The first-order valence-electron chi connectivity index (χ1n) is 6.19. The van der Waals surface area contributed by atoms with E-state index in [9.17, 15) is 4.79 Å². The number of carbonyl (C=O) groups is 1. The van der Waals surface area contributed by atoms with Crippen LogP contribution < -0.4 is 15.5 Å². The molecule has 0 N–H and O–H groups in total. The maximum Gasteiger partial charge on any atom is 0.146 e. The van der Waals surface area contributed by atoms with Crippen molar-refractivity contribution in [3.63, 3.8) is 0 Å². The molecule has 0 spiro atoms. The van der Waals surface area contributed by atoms with E-state index in [1.54, 1.807) is 6.08 Å².